The van der Waals surface area contributed by atoms with Gasteiger partial charge >= 0.3 is 0 Å². The third kappa shape index (κ3) is 6.21. The molecule has 1 aromatic carbocycles. The Labute approximate surface area is 106 Å². The average molecular weight is 271 g/mol. The van der Waals surface area contributed by atoms with Crippen LogP contribution in [-0.4, -0.2) is 26.6 Å². The van der Waals surface area contributed by atoms with Crippen molar-refractivity contribution in [3.63, 3.8) is 0 Å². The Bertz CT molecular complexity index is 514. The number of nitrogen functional groups attached to an aromatic ring is 1. The Balaban J connectivity index is 2.30. The van der Waals surface area contributed by atoms with E-state index < -0.39 is 10.0 Å². The molecule has 0 unspecified atom stereocenters. The van der Waals surface area contributed by atoms with Gasteiger partial charge in [-0.15, -0.1) is 0 Å². The predicted octanol–water partition coefficient (Wildman–Crippen LogP) is -0.394. The first-order valence-corrected chi connectivity index (χ1v) is 7.20. The van der Waals surface area contributed by atoms with Gasteiger partial charge in [0.2, 0.25) is 15.9 Å². The minimum absolute atomic E-state index is 0.133. The highest BCUT2D eigenvalue weighted by Gasteiger charge is 2.05. The summed E-state index contributed by atoms with van der Waals surface area (Å²) in [6, 6.07) is 7.05. The van der Waals surface area contributed by atoms with Crippen molar-refractivity contribution in [3.8, 4) is 0 Å². The molecule has 1 aromatic rings. The summed E-state index contributed by atoms with van der Waals surface area (Å²) in [6.07, 6.45) is 0.530. The van der Waals surface area contributed by atoms with E-state index in [4.69, 9.17) is 10.9 Å². The zero-order valence-electron chi connectivity index (χ0n) is 9.93. The molecule has 18 heavy (non-hydrogen) atoms. The molecule has 0 aliphatic carbocycles. The number of nitrogens with two attached hydrogens (primary N) is 2. The van der Waals surface area contributed by atoms with Crippen molar-refractivity contribution < 1.29 is 13.2 Å². The molecule has 100 valence electrons. The number of nitrogens with one attached hydrogen (secondary N) is 1. The minimum Gasteiger partial charge on any atom is -0.399 e. The first-order valence-electron chi connectivity index (χ1n) is 5.48. The highest BCUT2D eigenvalue weighted by molar-refractivity contribution is 7.89. The molecule has 0 fully saturated rings. The van der Waals surface area contributed by atoms with Crippen LogP contribution in [0.4, 0.5) is 5.69 Å². The third-order valence-corrected chi connectivity index (χ3v) is 3.10. The summed E-state index contributed by atoms with van der Waals surface area (Å²) in [4.78, 5) is 11.5. The highest BCUT2D eigenvalue weighted by atomic mass is 32.2. The predicted molar refractivity (Wildman–Crippen MR) is 70.2 cm³/mol. The van der Waals surface area contributed by atoms with Crippen molar-refractivity contribution in [1.82, 2.24) is 5.32 Å². The van der Waals surface area contributed by atoms with E-state index in [2.05, 4.69) is 5.32 Å². The number of carbonyl (C=O) groups excluding carboxylic acids is 1. The van der Waals surface area contributed by atoms with Crippen LogP contribution in [0.2, 0.25) is 0 Å². The number of amides is 1. The largest absolute Gasteiger partial charge is 0.399 e. The maximum Gasteiger partial charge on any atom is 0.224 e. The van der Waals surface area contributed by atoms with Gasteiger partial charge in [-0.25, -0.2) is 13.6 Å². The molecule has 0 atom stereocenters. The Morgan fingerprint density at radius 1 is 1.33 bits per heavy atom. The monoisotopic (exact) mass is 271 g/mol. The number of anilines is 1. The smallest absolute Gasteiger partial charge is 0.224 e. The van der Waals surface area contributed by atoms with Crippen LogP contribution in [0.1, 0.15) is 12.0 Å². The Morgan fingerprint density at radius 3 is 2.67 bits per heavy atom. The Morgan fingerprint density at radius 2 is 2.06 bits per heavy atom. The van der Waals surface area contributed by atoms with Gasteiger partial charge in [0.15, 0.2) is 0 Å². The van der Waals surface area contributed by atoms with Crippen LogP contribution < -0.4 is 16.2 Å². The van der Waals surface area contributed by atoms with E-state index in [0.717, 1.165) is 5.56 Å². The van der Waals surface area contributed by atoms with Crippen LogP contribution in [0.25, 0.3) is 0 Å². The number of hydrogen-bond acceptors (Lipinski definition) is 4. The molecular weight excluding hydrogens is 254 g/mol. The van der Waals surface area contributed by atoms with Gasteiger partial charge in [0, 0.05) is 12.2 Å². The molecule has 6 nitrogen and oxygen atoms in total. The summed E-state index contributed by atoms with van der Waals surface area (Å²) in [5.74, 6) is -0.305. The van der Waals surface area contributed by atoms with Gasteiger partial charge < -0.3 is 11.1 Å². The Hall–Kier alpha value is -1.60. The highest BCUT2D eigenvalue weighted by Crippen LogP contribution is 2.06. The van der Waals surface area contributed by atoms with E-state index in [1.54, 1.807) is 24.3 Å². The molecule has 0 aliphatic heterocycles. The maximum atomic E-state index is 11.5. The molecule has 0 aromatic heterocycles. The van der Waals surface area contributed by atoms with Gasteiger partial charge in [-0.2, -0.15) is 0 Å². The molecular formula is C11H17N3O3S. The lowest BCUT2D eigenvalue weighted by Gasteiger charge is -2.05. The SMILES string of the molecule is Nc1cccc(CC(=O)NCCCS(N)(=O)=O)c1. The van der Waals surface area contributed by atoms with E-state index in [-0.39, 0.29) is 24.6 Å². The first-order chi connectivity index (χ1) is 8.37. The van der Waals surface area contributed by atoms with E-state index in [1.807, 2.05) is 0 Å². The summed E-state index contributed by atoms with van der Waals surface area (Å²) in [6.45, 7) is 0.289. The molecule has 7 heteroatoms. The lowest BCUT2D eigenvalue weighted by molar-refractivity contribution is -0.120. The summed E-state index contributed by atoms with van der Waals surface area (Å²) >= 11 is 0. The fraction of sp³-hybridized carbons (Fsp3) is 0.364. The molecule has 0 aliphatic rings. The third-order valence-electron chi connectivity index (χ3n) is 2.24. The van der Waals surface area contributed by atoms with E-state index in [1.165, 1.54) is 0 Å². The second-order valence-corrected chi connectivity index (χ2v) is 5.73. The molecule has 0 saturated heterocycles. The number of sulfonamides is 1. The molecule has 5 N–H and O–H groups in total. The fourth-order valence-electron chi connectivity index (χ4n) is 1.45. The van der Waals surface area contributed by atoms with Crippen molar-refractivity contribution in [1.29, 1.82) is 0 Å². The second kappa shape index (κ2) is 6.36. The molecule has 1 amide bonds. The lowest BCUT2D eigenvalue weighted by Crippen LogP contribution is -2.28. The van der Waals surface area contributed by atoms with Crippen molar-refractivity contribution in [2.45, 2.75) is 12.8 Å². The standard InChI is InChI=1S/C11H17N3O3S/c12-10-4-1-3-9(7-10)8-11(15)14-5-2-6-18(13,16)17/h1,3-4,7H,2,5-6,8,12H2,(H,14,15)(H2,13,16,17). The molecule has 0 saturated carbocycles. The zero-order chi connectivity index (χ0) is 13.6. The topological polar surface area (TPSA) is 115 Å². The molecule has 0 radical (unpaired) electrons. The van der Waals surface area contributed by atoms with Gasteiger partial charge in [-0.1, -0.05) is 12.1 Å². The van der Waals surface area contributed by atoms with Gasteiger partial charge in [-0.3, -0.25) is 4.79 Å². The van der Waals surface area contributed by atoms with Crippen molar-refractivity contribution in [2.24, 2.45) is 5.14 Å². The summed E-state index contributed by atoms with van der Waals surface area (Å²) in [5.41, 5.74) is 7.02. The number of benzene rings is 1. The summed E-state index contributed by atoms with van der Waals surface area (Å²) in [7, 11) is -3.45. The van der Waals surface area contributed by atoms with E-state index in [9.17, 15) is 13.2 Å². The Kier molecular flexibility index (Phi) is 5.11. The quantitative estimate of drug-likeness (QED) is 0.482. The molecule has 0 bridgehead atoms. The van der Waals surface area contributed by atoms with Crippen LogP contribution >= 0.6 is 0 Å². The van der Waals surface area contributed by atoms with Crippen LogP contribution in [0.15, 0.2) is 24.3 Å². The van der Waals surface area contributed by atoms with Crippen LogP contribution in [0, 0.1) is 0 Å². The summed E-state index contributed by atoms with van der Waals surface area (Å²) < 4.78 is 21.3. The molecule has 0 spiro atoms. The van der Waals surface area contributed by atoms with Crippen molar-refractivity contribution in [3.05, 3.63) is 29.8 Å². The number of primary sulfonamides is 1. The van der Waals surface area contributed by atoms with Gasteiger partial charge in [0.1, 0.15) is 0 Å². The minimum atomic E-state index is -3.45. The average Bonchev–Trinajstić information content (AvgIpc) is 2.23. The zero-order valence-corrected chi connectivity index (χ0v) is 10.7. The van der Waals surface area contributed by atoms with Gasteiger partial charge in [-0.05, 0) is 24.1 Å². The second-order valence-electron chi connectivity index (χ2n) is 3.99. The first kappa shape index (κ1) is 14.5. The number of carbonyl (C=O) groups is 1. The molecule has 0 heterocycles. The van der Waals surface area contributed by atoms with Crippen LogP contribution in [-0.2, 0) is 21.2 Å². The lowest BCUT2D eigenvalue weighted by atomic mass is 10.1. The van der Waals surface area contributed by atoms with Crippen molar-refractivity contribution in [2.75, 3.05) is 18.0 Å². The fourth-order valence-corrected chi connectivity index (χ4v) is 2.00. The maximum absolute atomic E-state index is 11.5. The summed E-state index contributed by atoms with van der Waals surface area (Å²) in [5, 5.41) is 7.46. The number of hydrogen-bond donors (Lipinski definition) is 3. The van der Waals surface area contributed by atoms with Crippen molar-refractivity contribution >= 4 is 21.6 Å². The number of rotatable bonds is 6. The van der Waals surface area contributed by atoms with Crippen LogP contribution in [0.5, 0.6) is 0 Å². The van der Waals surface area contributed by atoms with Gasteiger partial charge in [0.25, 0.3) is 0 Å². The van der Waals surface area contributed by atoms with E-state index >= 15 is 0 Å². The van der Waals surface area contributed by atoms with Gasteiger partial charge in [0.05, 0.1) is 12.2 Å². The van der Waals surface area contributed by atoms with E-state index in [0.29, 0.717) is 12.1 Å². The normalized spacial score (nSPS) is 11.2. The van der Waals surface area contributed by atoms with Crippen LogP contribution in [0.3, 0.4) is 0 Å². The molecule has 1 rings (SSSR count).